The molecule has 138 valence electrons. The van der Waals surface area contributed by atoms with E-state index >= 15 is 0 Å². The molecule has 6 rings (SSSR count). The standard InChI is InChI=1S/C18H25N7O/c26-16(3-1-5-24-6-2-4-20-24)22-17-8-14-7-15(9-17)11-18(10-14,12-17)25-21-13-19-23-25/h2,4,6,13-15H,1,3,5,7-12H2,(H,22,26)/t14-,15+,17?,18?. The summed E-state index contributed by atoms with van der Waals surface area (Å²) in [6.45, 7) is 0.783. The van der Waals surface area contributed by atoms with Crippen LogP contribution in [0.25, 0.3) is 0 Å². The minimum absolute atomic E-state index is 0.0527. The molecule has 1 amide bonds. The van der Waals surface area contributed by atoms with Crippen LogP contribution in [0, 0.1) is 11.8 Å². The third kappa shape index (κ3) is 2.71. The Kier molecular flexibility index (Phi) is 3.62. The van der Waals surface area contributed by atoms with Crippen molar-refractivity contribution in [3.63, 3.8) is 0 Å². The lowest BCUT2D eigenvalue weighted by atomic mass is 9.50. The molecule has 0 spiro atoms. The highest BCUT2D eigenvalue weighted by Gasteiger charge is 2.60. The maximum Gasteiger partial charge on any atom is 0.220 e. The molecule has 4 atom stereocenters. The summed E-state index contributed by atoms with van der Waals surface area (Å²) in [6.07, 6.45) is 13.3. The molecule has 2 aromatic rings. The maximum absolute atomic E-state index is 12.7. The van der Waals surface area contributed by atoms with E-state index < -0.39 is 0 Å². The van der Waals surface area contributed by atoms with E-state index in [4.69, 9.17) is 0 Å². The largest absolute Gasteiger partial charge is 0.351 e. The van der Waals surface area contributed by atoms with Crippen molar-refractivity contribution in [1.82, 2.24) is 35.3 Å². The van der Waals surface area contributed by atoms with Gasteiger partial charge < -0.3 is 5.32 Å². The number of aromatic nitrogens is 6. The van der Waals surface area contributed by atoms with E-state index in [1.54, 1.807) is 6.20 Å². The number of nitrogens with zero attached hydrogens (tertiary/aromatic N) is 6. The number of carbonyl (C=O) groups excluding carboxylic acids is 1. The minimum Gasteiger partial charge on any atom is -0.351 e. The first kappa shape index (κ1) is 16.0. The fraction of sp³-hybridized carbons (Fsp3) is 0.722. The molecule has 26 heavy (non-hydrogen) atoms. The van der Waals surface area contributed by atoms with Gasteiger partial charge >= 0.3 is 0 Å². The second-order valence-corrected chi connectivity index (χ2v) is 8.61. The van der Waals surface area contributed by atoms with Crippen LogP contribution in [0.1, 0.15) is 51.4 Å². The van der Waals surface area contributed by atoms with Gasteiger partial charge in [0.1, 0.15) is 0 Å². The fourth-order valence-electron chi connectivity index (χ4n) is 6.17. The van der Waals surface area contributed by atoms with E-state index in [0.717, 1.165) is 45.1 Å². The number of tetrazole rings is 1. The Morgan fingerprint density at radius 3 is 2.73 bits per heavy atom. The van der Waals surface area contributed by atoms with Crippen molar-refractivity contribution in [2.45, 2.75) is 69.0 Å². The summed E-state index contributed by atoms with van der Waals surface area (Å²) in [4.78, 5) is 14.5. The van der Waals surface area contributed by atoms with Gasteiger partial charge in [-0.1, -0.05) is 0 Å². The molecule has 2 heterocycles. The third-order valence-corrected chi connectivity index (χ3v) is 6.56. The van der Waals surface area contributed by atoms with E-state index in [1.165, 1.54) is 12.7 Å². The molecular formula is C18H25N7O. The van der Waals surface area contributed by atoms with Gasteiger partial charge in [0.25, 0.3) is 0 Å². The topological polar surface area (TPSA) is 90.5 Å². The molecule has 4 saturated carbocycles. The summed E-state index contributed by atoms with van der Waals surface area (Å²) in [6, 6.07) is 1.91. The Bertz CT molecular complexity index is 756. The van der Waals surface area contributed by atoms with Crippen molar-refractivity contribution < 1.29 is 4.79 Å². The summed E-state index contributed by atoms with van der Waals surface area (Å²) in [5.41, 5.74) is -0.135. The maximum atomic E-state index is 12.7. The Balaban J connectivity index is 1.27. The van der Waals surface area contributed by atoms with Gasteiger partial charge in [-0.25, -0.2) is 0 Å². The predicted molar refractivity (Wildman–Crippen MR) is 92.8 cm³/mol. The molecule has 1 N–H and O–H groups in total. The van der Waals surface area contributed by atoms with Crippen LogP contribution >= 0.6 is 0 Å². The number of hydrogen-bond donors (Lipinski definition) is 1. The van der Waals surface area contributed by atoms with Crippen molar-refractivity contribution in [3.05, 3.63) is 24.8 Å². The number of carbonyl (C=O) groups is 1. The summed E-state index contributed by atoms with van der Waals surface area (Å²) >= 11 is 0. The van der Waals surface area contributed by atoms with Crippen molar-refractivity contribution in [2.75, 3.05) is 0 Å². The number of nitrogens with one attached hydrogen (secondary N) is 1. The van der Waals surface area contributed by atoms with E-state index in [2.05, 4.69) is 25.8 Å². The van der Waals surface area contributed by atoms with Gasteiger partial charge in [0.15, 0.2) is 6.33 Å². The monoisotopic (exact) mass is 355 g/mol. The molecular weight excluding hydrogens is 330 g/mol. The van der Waals surface area contributed by atoms with Crippen LogP contribution < -0.4 is 5.32 Å². The molecule has 2 unspecified atom stereocenters. The molecule has 2 aromatic heterocycles. The number of hydrogen-bond acceptors (Lipinski definition) is 5. The van der Waals surface area contributed by atoms with E-state index in [0.29, 0.717) is 18.3 Å². The van der Waals surface area contributed by atoms with Crippen molar-refractivity contribution >= 4 is 5.91 Å². The average Bonchev–Trinajstić information content (AvgIpc) is 3.27. The molecule has 0 saturated heterocycles. The summed E-state index contributed by atoms with van der Waals surface area (Å²) in [5, 5.41) is 20.2. The van der Waals surface area contributed by atoms with Gasteiger partial charge in [0.2, 0.25) is 5.91 Å². The normalized spacial score (nSPS) is 34.9. The van der Waals surface area contributed by atoms with Crippen LogP contribution in [0.3, 0.4) is 0 Å². The van der Waals surface area contributed by atoms with Crippen molar-refractivity contribution in [1.29, 1.82) is 0 Å². The van der Waals surface area contributed by atoms with E-state index in [-0.39, 0.29) is 17.0 Å². The highest BCUT2D eigenvalue weighted by molar-refractivity contribution is 5.76. The Hall–Kier alpha value is -2.25. The van der Waals surface area contributed by atoms with Gasteiger partial charge in [-0.15, -0.1) is 10.2 Å². The molecule has 8 heteroatoms. The van der Waals surface area contributed by atoms with Crippen molar-refractivity contribution in [2.24, 2.45) is 11.8 Å². The molecule has 0 aliphatic heterocycles. The van der Waals surface area contributed by atoms with Crippen LogP contribution in [-0.4, -0.2) is 41.4 Å². The fourth-order valence-corrected chi connectivity index (χ4v) is 6.17. The zero-order chi connectivity index (χ0) is 17.6. The molecule has 4 bridgehead atoms. The first-order chi connectivity index (χ1) is 12.6. The first-order valence-corrected chi connectivity index (χ1v) is 9.67. The summed E-state index contributed by atoms with van der Waals surface area (Å²) in [5.74, 6) is 1.49. The Morgan fingerprint density at radius 1 is 1.19 bits per heavy atom. The lowest BCUT2D eigenvalue weighted by Crippen LogP contribution is -2.66. The number of aryl methyl sites for hydroxylation is 1. The van der Waals surface area contributed by atoms with Crippen LogP contribution in [-0.2, 0) is 16.9 Å². The molecule has 4 aliphatic rings. The van der Waals surface area contributed by atoms with Crippen molar-refractivity contribution in [3.8, 4) is 0 Å². The first-order valence-electron chi connectivity index (χ1n) is 9.67. The SMILES string of the molecule is O=C(CCCn1cccn1)NC12C[C@H]3C[C@@H](C1)CC(n1ncnn1)(C3)C2. The molecule has 8 nitrogen and oxygen atoms in total. The zero-order valence-corrected chi connectivity index (χ0v) is 14.9. The molecule has 4 fully saturated rings. The minimum atomic E-state index is -0.0828. The molecule has 4 aliphatic carbocycles. The quantitative estimate of drug-likeness (QED) is 0.848. The highest BCUT2D eigenvalue weighted by atomic mass is 16.1. The summed E-state index contributed by atoms with van der Waals surface area (Å²) in [7, 11) is 0. The van der Waals surface area contributed by atoms with Gasteiger partial charge in [0, 0.05) is 30.9 Å². The summed E-state index contributed by atoms with van der Waals surface area (Å²) < 4.78 is 1.88. The van der Waals surface area contributed by atoms with Crippen LogP contribution in [0.15, 0.2) is 24.8 Å². The lowest BCUT2D eigenvalue weighted by molar-refractivity contribution is -0.131. The van der Waals surface area contributed by atoms with Crippen LogP contribution in [0.4, 0.5) is 0 Å². The van der Waals surface area contributed by atoms with Crippen LogP contribution in [0.2, 0.25) is 0 Å². The van der Waals surface area contributed by atoms with E-state index in [1.807, 2.05) is 21.7 Å². The Labute approximate surface area is 152 Å². The van der Waals surface area contributed by atoms with Gasteiger partial charge in [-0.05, 0) is 68.1 Å². The average molecular weight is 355 g/mol. The highest BCUT2D eigenvalue weighted by Crippen LogP contribution is 2.60. The zero-order valence-electron chi connectivity index (χ0n) is 14.9. The second-order valence-electron chi connectivity index (χ2n) is 8.61. The second kappa shape index (κ2) is 5.89. The van der Waals surface area contributed by atoms with Gasteiger partial charge in [-0.3, -0.25) is 9.48 Å². The van der Waals surface area contributed by atoms with E-state index in [9.17, 15) is 4.79 Å². The molecule has 0 aromatic carbocycles. The van der Waals surface area contributed by atoms with Crippen LogP contribution in [0.5, 0.6) is 0 Å². The lowest BCUT2D eigenvalue weighted by Gasteiger charge is -2.61. The van der Waals surface area contributed by atoms with Gasteiger partial charge in [0.05, 0.1) is 5.54 Å². The third-order valence-electron chi connectivity index (χ3n) is 6.56. The smallest absolute Gasteiger partial charge is 0.220 e. The number of amides is 1. The molecule has 0 radical (unpaired) electrons. The number of rotatable bonds is 6. The van der Waals surface area contributed by atoms with Gasteiger partial charge in [-0.2, -0.15) is 9.90 Å². The Morgan fingerprint density at radius 2 is 2.04 bits per heavy atom. The predicted octanol–water partition coefficient (Wildman–Crippen LogP) is 1.51.